The van der Waals surface area contributed by atoms with E-state index in [0.717, 1.165) is 17.8 Å². The Labute approximate surface area is 122 Å². The third kappa shape index (κ3) is 8.71. The van der Waals surface area contributed by atoms with Gasteiger partial charge in [-0.2, -0.15) is 0 Å². The van der Waals surface area contributed by atoms with Crippen molar-refractivity contribution in [2.24, 2.45) is 17.8 Å². The molecule has 0 amide bonds. The lowest BCUT2D eigenvalue weighted by Gasteiger charge is -2.07. The molecule has 0 aromatic heterocycles. The molecule has 0 radical (unpaired) electrons. The van der Waals surface area contributed by atoms with Crippen molar-refractivity contribution in [3.05, 3.63) is 0 Å². The average molecular weight is 267 g/mol. The van der Waals surface area contributed by atoms with Crippen molar-refractivity contribution in [2.45, 2.75) is 104 Å². The van der Waals surface area contributed by atoms with Crippen LogP contribution in [0.4, 0.5) is 0 Å². The summed E-state index contributed by atoms with van der Waals surface area (Å²) in [4.78, 5) is 0. The minimum Gasteiger partial charge on any atom is -0.0654 e. The maximum Gasteiger partial charge on any atom is -0.0383 e. The van der Waals surface area contributed by atoms with Crippen molar-refractivity contribution in [3.63, 3.8) is 0 Å². The Bertz CT molecular complexity index is 196. The fourth-order valence-corrected chi connectivity index (χ4v) is 3.31. The van der Waals surface area contributed by atoms with Gasteiger partial charge in [-0.25, -0.2) is 0 Å². The highest BCUT2D eigenvalue weighted by Crippen LogP contribution is 2.45. The van der Waals surface area contributed by atoms with E-state index in [1.807, 2.05) is 0 Å². The summed E-state index contributed by atoms with van der Waals surface area (Å²) < 4.78 is 0. The van der Waals surface area contributed by atoms with Gasteiger partial charge in [0.1, 0.15) is 0 Å². The van der Waals surface area contributed by atoms with Crippen LogP contribution in [0.3, 0.4) is 0 Å². The lowest BCUT2D eigenvalue weighted by atomic mass is 9.99. The van der Waals surface area contributed by atoms with Gasteiger partial charge < -0.3 is 0 Å². The molecule has 0 heteroatoms. The number of unbranched alkanes of at least 4 members (excludes halogenated alkanes) is 6. The first kappa shape index (κ1) is 17.1. The van der Waals surface area contributed by atoms with Gasteiger partial charge >= 0.3 is 0 Å². The van der Waals surface area contributed by atoms with E-state index in [4.69, 9.17) is 0 Å². The summed E-state index contributed by atoms with van der Waals surface area (Å²) in [5.74, 6) is 3.23. The third-order valence-corrected chi connectivity index (χ3v) is 5.22. The highest BCUT2D eigenvalue weighted by Gasteiger charge is 2.34. The van der Waals surface area contributed by atoms with Crippen LogP contribution in [0.2, 0.25) is 0 Å². The Morgan fingerprint density at radius 3 is 2.00 bits per heavy atom. The van der Waals surface area contributed by atoms with E-state index in [1.165, 1.54) is 70.6 Å². The van der Waals surface area contributed by atoms with Gasteiger partial charge in [0.25, 0.3) is 0 Å². The molecule has 0 nitrogen and oxygen atoms in total. The van der Waals surface area contributed by atoms with Gasteiger partial charge in [0, 0.05) is 0 Å². The second kappa shape index (κ2) is 10.7. The summed E-state index contributed by atoms with van der Waals surface area (Å²) in [5, 5.41) is 0. The van der Waals surface area contributed by atoms with Crippen LogP contribution >= 0.6 is 0 Å². The Morgan fingerprint density at radius 1 is 0.789 bits per heavy atom. The van der Waals surface area contributed by atoms with E-state index < -0.39 is 0 Å². The highest BCUT2D eigenvalue weighted by atomic mass is 14.4. The molecular weight excluding hydrogens is 228 g/mol. The van der Waals surface area contributed by atoms with Gasteiger partial charge in [0.15, 0.2) is 0 Å². The standard InChI is InChI=1S/C19H38/c1-4-6-10-14-18-16-19(18)15-12-9-7-8-11-13-17(3)5-2/h17-19H,4-16H2,1-3H3. The second-order valence-corrected chi connectivity index (χ2v) is 7.11. The summed E-state index contributed by atoms with van der Waals surface area (Å²) in [5.41, 5.74) is 0. The first-order valence-electron chi connectivity index (χ1n) is 9.27. The zero-order valence-corrected chi connectivity index (χ0v) is 13.9. The highest BCUT2D eigenvalue weighted by molar-refractivity contribution is 4.85. The van der Waals surface area contributed by atoms with Crippen molar-refractivity contribution >= 4 is 0 Å². The molecule has 0 spiro atoms. The van der Waals surface area contributed by atoms with E-state index in [2.05, 4.69) is 20.8 Å². The molecule has 3 unspecified atom stereocenters. The predicted molar refractivity (Wildman–Crippen MR) is 87.5 cm³/mol. The van der Waals surface area contributed by atoms with Crippen molar-refractivity contribution in [1.29, 1.82) is 0 Å². The molecule has 1 saturated carbocycles. The van der Waals surface area contributed by atoms with Crippen LogP contribution in [0.5, 0.6) is 0 Å². The summed E-state index contributed by atoms with van der Waals surface area (Å²) in [6.07, 6.45) is 19.3. The van der Waals surface area contributed by atoms with Gasteiger partial charge in [-0.15, -0.1) is 0 Å². The lowest BCUT2D eigenvalue weighted by molar-refractivity contribution is 0.466. The van der Waals surface area contributed by atoms with Gasteiger partial charge in [-0.3, -0.25) is 0 Å². The Kier molecular flexibility index (Phi) is 9.65. The molecule has 1 aliphatic rings. The second-order valence-electron chi connectivity index (χ2n) is 7.11. The minimum atomic E-state index is 0.954. The topological polar surface area (TPSA) is 0 Å². The van der Waals surface area contributed by atoms with Gasteiger partial charge in [-0.05, 0) is 24.2 Å². The maximum absolute atomic E-state index is 2.39. The van der Waals surface area contributed by atoms with E-state index in [-0.39, 0.29) is 0 Å². The van der Waals surface area contributed by atoms with Gasteiger partial charge in [0.05, 0.1) is 0 Å². The normalized spacial score (nSPS) is 23.5. The Hall–Kier alpha value is 0. The van der Waals surface area contributed by atoms with Gasteiger partial charge in [0.2, 0.25) is 0 Å². The zero-order chi connectivity index (χ0) is 13.9. The first-order chi connectivity index (χ1) is 9.27. The fraction of sp³-hybridized carbons (Fsp3) is 1.00. The van der Waals surface area contributed by atoms with Crippen molar-refractivity contribution in [1.82, 2.24) is 0 Å². The monoisotopic (exact) mass is 266 g/mol. The first-order valence-corrected chi connectivity index (χ1v) is 9.27. The van der Waals surface area contributed by atoms with Gasteiger partial charge in [-0.1, -0.05) is 97.8 Å². The molecule has 114 valence electrons. The van der Waals surface area contributed by atoms with Crippen LogP contribution in [0.1, 0.15) is 104 Å². The molecule has 1 rings (SSSR count). The average Bonchev–Trinajstić information content (AvgIpc) is 3.16. The fourth-order valence-electron chi connectivity index (χ4n) is 3.31. The lowest BCUT2D eigenvalue weighted by Crippen LogP contribution is -1.91. The molecule has 3 atom stereocenters. The van der Waals surface area contributed by atoms with E-state index >= 15 is 0 Å². The largest absolute Gasteiger partial charge is 0.0654 e. The maximum atomic E-state index is 2.39. The van der Waals surface area contributed by atoms with E-state index in [1.54, 1.807) is 12.8 Å². The minimum absolute atomic E-state index is 0.954. The number of rotatable bonds is 13. The van der Waals surface area contributed by atoms with E-state index in [9.17, 15) is 0 Å². The molecule has 0 aromatic carbocycles. The molecule has 0 aromatic rings. The molecule has 19 heavy (non-hydrogen) atoms. The van der Waals surface area contributed by atoms with Crippen molar-refractivity contribution in [3.8, 4) is 0 Å². The molecule has 0 aliphatic heterocycles. The summed E-state index contributed by atoms with van der Waals surface area (Å²) in [7, 11) is 0. The zero-order valence-electron chi connectivity index (χ0n) is 13.9. The summed E-state index contributed by atoms with van der Waals surface area (Å²) in [6, 6.07) is 0. The Balaban J connectivity index is 1.77. The third-order valence-electron chi connectivity index (χ3n) is 5.22. The van der Waals surface area contributed by atoms with Crippen LogP contribution in [0.15, 0.2) is 0 Å². The van der Waals surface area contributed by atoms with Crippen molar-refractivity contribution < 1.29 is 0 Å². The van der Waals surface area contributed by atoms with Crippen LogP contribution in [-0.2, 0) is 0 Å². The summed E-state index contributed by atoms with van der Waals surface area (Å²) >= 11 is 0. The van der Waals surface area contributed by atoms with Crippen LogP contribution in [0.25, 0.3) is 0 Å². The number of hydrogen-bond acceptors (Lipinski definition) is 0. The molecular formula is C19H38. The van der Waals surface area contributed by atoms with Crippen LogP contribution in [0, 0.1) is 17.8 Å². The molecule has 1 fully saturated rings. The Morgan fingerprint density at radius 2 is 1.37 bits per heavy atom. The SMILES string of the molecule is CCCCCC1CC1CCCCCCCC(C)CC. The van der Waals surface area contributed by atoms with E-state index in [0.29, 0.717) is 0 Å². The van der Waals surface area contributed by atoms with Crippen LogP contribution < -0.4 is 0 Å². The summed E-state index contributed by atoms with van der Waals surface area (Å²) in [6.45, 7) is 7.02. The molecule has 0 saturated heterocycles. The number of hydrogen-bond donors (Lipinski definition) is 0. The molecule has 0 bridgehead atoms. The molecule has 0 heterocycles. The molecule has 1 aliphatic carbocycles. The van der Waals surface area contributed by atoms with Crippen molar-refractivity contribution in [2.75, 3.05) is 0 Å². The smallest absolute Gasteiger partial charge is 0.0383 e. The van der Waals surface area contributed by atoms with Crippen LogP contribution in [-0.4, -0.2) is 0 Å². The predicted octanol–water partition coefficient (Wildman–Crippen LogP) is 6.98. The molecule has 0 N–H and O–H groups in total. The quantitative estimate of drug-likeness (QED) is 0.315.